The van der Waals surface area contributed by atoms with Crippen molar-refractivity contribution >= 4 is 45.5 Å². The van der Waals surface area contributed by atoms with Gasteiger partial charge in [0.2, 0.25) is 0 Å². The van der Waals surface area contributed by atoms with E-state index in [1.807, 2.05) is 22.6 Å². The molecule has 25 heavy (non-hydrogen) atoms. The van der Waals surface area contributed by atoms with E-state index in [0.29, 0.717) is 15.0 Å². The molecule has 1 saturated carbocycles. The monoisotopic (exact) mass is 462 g/mol. The Kier molecular flexibility index (Phi) is 5.36. The molecule has 1 amide bonds. The van der Waals surface area contributed by atoms with Crippen LogP contribution in [0.2, 0.25) is 0 Å². The van der Waals surface area contributed by atoms with Gasteiger partial charge in [0.25, 0.3) is 5.91 Å². The predicted molar refractivity (Wildman–Crippen MR) is 96.3 cm³/mol. The van der Waals surface area contributed by atoms with Gasteiger partial charge in [-0.3, -0.25) is 9.36 Å². The van der Waals surface area contributed by atoms with Crippen LogP contribution in [0.1, 0.15) is 26.0 Å². The SMILES string of the molecule is CC(OC(C(=O)NC1CC1)C(O)CO)n1cnc2c(N)nc(I)nc21. The minimum atomic E-state index is -1.34. The first-order chi connectivity index (χ1) is 11.9. The number of aliphatic hydroxyl groups excluding tert-OH is 2. The van der Waals surface area contributed by atoms with Crippen molar-refractivity contribution in [3.8, 4) is 0 Å². The van der Waals surface area contributed by atoms with E-state index in [2.05, 4.69) is 20.3 Å². The zero-order valence-corrected chi connectivity index (χ0v) is 15.6. The summed E-state index contributed by atoms with van der Waals surface area (Å²) in [5.41, 5.74) is 6.73. The molecule has 0 saturated heterocycles. The van der Waals surface area contributed by atoms with Gasteiger partial charge < -0.3 is 26.0 Å². The molecule has 0 bridgehead atoms. The highest BCUT2D eigenvalue weighted by Gasteiger charge is 2.34. The highest BCUT2D eigenvalue weighted by atomic mass is 127. The minimum absolute atomic E-state index is 0.114. The zero-order chi connectivity index (χ0) is 18.1. The average molecular weight is 462 g/mol. The third-order valence-corrected chi connectivity index (χ3v) is 4.36. The molecule has 1 fully saturated rings. The van der Waals surface area contributed by atoms with Gasteiger partial charge in [-0.2, -0.15) is 0 Å². The lowest BCUT2D eigenvalue weighted by atomic mass is 10.2. The molecule has 2 heterocycles. The van der Waals surface area contributed by atoms with Gasteiger partial charge in [-0.05, 0) is 19.8 Å². The summed E-state index contributed by atoms with van der Waals surface area (Å²) in [4.78, 5) is 24.8. The smallest absolute Gasteiger partial charge is 0.252 e. The Hall–Kier alpha value is -1.57. The Labute approximate surface area is 156 Å². The molecule has 3 rings (SSSR count). The number of carbonyl (C=O) groups is 1. The minimum Gasteiger partial charge on any atom is -0.394 e. The number of ether oxygens (including phenoxy) is 1. The van der Waals surface area contributed by atoms with Crippen LogP contribution in [0.15, 0.2) is 6.33 Å². The number of fused-ring (bicyclic) bond motifs is 1. The molecule has 2 aromatic rings. The Morgan fingerprint density at radius 3 is 2.92 bits per heavy atom. The Morgan fingerprint density at radius 2 is 2.28 bits per heavy atom. The summed E-state index contributed by atoms with van der Waals surface area (Å²) in [7, 11) is 0. The molecular formula is C14H19IN6O4. The van der Waals surface area contributed by atoms with Crippen LogP contribution >= 0.6 is 22.6 Å². The molecule has 0 spiro atoms. The number of anilines is 1. The van der Waals surface area contributed by atoms with Gasteiger partial charge in [-0.1, -0.05) is 0 Å². The number of carbonyl (C=O) groups excluding carboxylic acids is 1. The molecule has 2 aromatic heterocycles. The van der Waals surface area contributed by atoms with E-state index in [-0.39, 0.29) is 11.9 Å². The fourth-order valence-electron chi connectivity index (χ4n) is 2.39. The molecule has 0 radical (unpaired) electrons. The molecule has 1 aliphatic carbocycles. The van der Waals surface area contributed by atoms with Crippen molar-refractivity contribution in [1.29, 1.82) is 0 Å². The predicted octanol–water partition coefficient (Wildman–Crippen LogP) is -0.451. The first-order valence-electron chi connectivity index (χ1n) is 7.81. The van der Waals surface area contributed by atoms with E-state index in [1.165, 1.54) is 6.33 Å². The first kappa shape index (κ1) is 18.2. The van der Waals surface area contributed by atoms with Crippen molar-refractivity contribution in [3.05, 3.63) is 10.2 Å². The largest absolute Gasteiger partial charge is 0.394 e. The van der Waals surface area contributed by atoms with Crippen molar-refractivity contribution in [1.82, 2.24) is 24.8 Å². The van der Waals surface area contributed by atoms with Crippen LogP contribution < -0.4 is 11.1 Å². The normalized spacial score (nSPS) is 18.1. The number of aliphatic hydroxyl groups is 2. The summed E-state index contributed by atoms with van der Waals surface area (Å²) >= 11 is 1.94. The second-order valence-corrected chi connectivity index (χ2v) is 6.86. The molecule has 0 aliphatic heterocycles. The molecular weight excluding hydrogens is 443 g/mol. The Bertz CT molecular complexity index is 780. The quantitative estimate of drug-likeness (QED) is 0.320. The van der Waals surface area contributed by atoms with Crippen LogP contribution in [0.4, 0.5) is 5.82 Å². The lowest BCUT2D eigenvalue weighted by Crippen LogP contribution is -2.47. The lowest BCUT2D eigenvalue weighted by molar-refractivity contribution is -0.154. The van der Waals surface area contributed by atoms with Gasteiger partial charge in [0, 0.05) is 28.6 Å². The highest BCUT2D eigenvalue weighted by molar-refractivity contribution is 14.1. The van der Waals surface area contributed by atoms with Crippen LogP contribution in [0.5, 0.6) is 0 Å². The molecule has 1 aliphatic rings. The summed E-state index contributed by atoms with van der Waals surface area (Å²) in [5.74, 6) is -0.206. The maximum Gasteiger partial charge on any atom is 0.252 e. The molecule has 5 N–H and O–H groups in total. The number of hydrogen-bond donors (Lipinski definition) is 4. The second kappa shape index (κ2) is 7.35. The number of aromatic nitrogens is 4. The third-order valence-electron chi connectivity index (χ3n) is 3.88. The number of imidazole rings is 1. The van der Waals surface area contributed by atoms with Gasteiger partial charge in [0.1, 0.15) is 17.8 Å². The highest BCUT2D eigenvalue weighted by Crippen LogP contribution is 2.23. The first-order valence-corrected chi connectivity index (χ1v) is 8.89. The van der Waals surface area contributed by atoms with Crippen LogP contribution in [-0.4, -0.2) is 60.5 Å². The molecule has 10 nitrogen and oxygen atoms in total. The van der Waals surface area contributed by atoms with Crippen molar-refractivity contribution in [2.24, 2.45) is 0 Å². The van der Waals surface area contributed by atoms with Gasteiger partial charge >= 0.3 is 0 Å². The van der Waals surface area contributed by atoms with Gasteiger partial charge in [0.05, 0.1) is 12.9 Å². The summed E-state index contributed by atoms with van der Waals surface area (Å²) in [6, 6.07) is 0.114. The van der Waals surface area contributed by atoms with Crippen molar-refractivity contribution in [2.45, 2.75) is 44.2 Å². The molecule has 3 atom stereocenters. The molecule has 136 valence electrons. The maximum atomic E-state index is 12.3. The summed E-state index contributed by atoms with van der Waals surface area (Å²) in [6.45, 7) is 1.10. The zero-order valence-electron chi connectivity index (χ0n) is 13.5. The van der Waals surface area contributed by atoms with Gasteiger partial charge in [0.15, 0.2) is 21.4 Å². The van der Waals surface area contributed by atoms with Crippen molar-refractivity contribution in [2.75, 3.05) is 12.3 Å². The van der Waals surface area contributed by atoms with E-state index in [4.69, 9.17) is 10.5 Å². The lowest BCUT2D eigenvalue weighted by Gasteiger charge is -2.25. The average Bonchev–Trinajstić information content (AvgIpc) is 3.27. The standard InChI is InChI=1S/C14H19IN6O4/c1-6(21-5-17-9-11(16)19-14(15)20-12(9)21)25-10(8(23)4-22)13(24)18-7-2-3-7/h5-8,10,22-23H,2-4H2,1H3,(H,18,24)(H2,16,19,20). The Balaban J connectivity index is 1.83. The fraction of sp³-hybridized carbons (Fsp3) is 0.571. The summed E-state index contributed by atoms with van der Waals surface area (Å²) < 4.78 is 7.77. The van der Waals surface area contributed by atoms with Crippen molar-refractivity contribution < 1.29 is 19.7 Å². The number of nitrogens with two attached hydrogens (primary N) is 1. The number of nitrogens with zero attached hydrogens (tertiary/aromatic N) is 4. The van der Waals surface area contributed by atoms with Crippen LogP contribution in [0.25, 0.3) is 11.2 Å². The molecule has 11 heteroatoms. The van der Waals surface area contributed by atoms with E-state index in [1.54, 1.807) is 11.5 Å². The van der Waals surface area contributed by atoms with E-state index in [0.717, 1.165) is 12.8 Å². The van der Waals surface area contributed by atoms with Crippen LogP contribution in [0, 0.1) is 3.83 Å². The third kappa shape index (κ3) is 3.99. The van der Waals surface area contributed by atoms with E-state index < -0.39 is 30.9 Å². The summed E-state index contributed by atoms with van der Waals surface area (Å²) in [6.07, 6.45) is 0.0736. The fourth-order valence-corrected chi connectivity index (χ4v) is 2.88. The van der Waals surface area contributed by atoms with Gasteiger partial charge in [-0.15, -0.1) is 0 Å². The number of nitrogens with one attached hydrogen (secondary N) is 1. The van der Waals surface area contributed by atoms with E-state index in [9.17, 15) is 15.0 Å². The number of nitrogen functional groups attached to an aromatic ring is 1. The summed E-state index contributed by atoms with van der Waals surface area (Å²) in [5, 5.41) is 22.0. The number of rotatable bonds is 7. The Morgan fingerprint density at radius 1 is 1.56 bits per heavy atom. The second-order valence-electron chi connectivity index (χ2n) is 5.89. The topological polar surface area (TPSA) is 148 Å². The van der Waals surface area contributed by atoms with Crippen LogP contribution in [-0.2, 0) is 9.53 Å². The number of amides is 1. The molecule has 3 unspecified atom stereocenters. The number of hydrogen-bond acceptors (Lipinski definition) is 8. The maximum absolute atomic E-state index is 12.3. The van der Waals surface area contributed by atoms with Crippen LogP contribution in [0.3, 0.4) is 0 Å². The van der Waals surface area contributed by atoms with E-state index >= 15 is 0 Å². The number of halogens is 1. The molecule has 0 aromatic carbocycles. The van der Waals surface area contributed by atoms with Gasteiger partial charge in [-0.25, -0.2) is 15.0 Å². The van der Waals surface area contributed by atoms with Crippen molar-refractivity contribution in [3.63, 3.8) is 0 Å².